The van der Waals surface area contributed by atoms with E-state index in [-0.39, 0.29) is 5.78 Å². The van der Waals surface area contributed by atoms with E-state index in [0.717, 1.165) is 0 Å². The van der Waals surface area contributed by atoms with Gasteiger partial charge in [0.2, 0.25) is 12.1 Å². The van der Waals surface area contributed by atoms with E-state index in [1.165, 1.54) is 11.3 Å². The number of fused-ring (bicyclic) bond motifs is 1. The molecule has 0 amide bonds. The SMILES string of the molecule is CCOC1Oc2ccc(Cl)cc2C(=O)/C1=C/Nc1nccs1. The smallest absolute Gasteiger partial charge is 0.232 e. The van der Waals surface area contributed by atoms with E-state index in [4.69, 9.17) is 21.1 Å². The number of hydrogen-bond acceptors (Lipinski definition) is 6. The maximum absolute atomic E-state index is 12.7. The molecule has 0 saturated heterocycles. The minimum absolute atomic E-state index is 0.175. The van der Waals surface area contributed by atoms with Crippen LogP contribution in [0.1, 0.15) is 17.3 Å². The second kappa shape index (κ2) is 6.48. The van der Waals surface area contributed by atoms with Crippen molar-refractivity contribution < 1.29 is 14.3 Å². The first-order valence-corrected chi connectivity index (χ1v) is 7.93. The van der Waals surface area contributed by atoms with Crippen LogP contribution in [0, 0.1) is 0 Å². The third-order valence-electron chi connectivity index (χ3n) is 3.04. The molecule has 5 nitrogen and oxygen atoms in total. The molecular weight excluding hydrogens is 324 g/mol. The number of rotatable bonds is 4. The van der Waals surface area contributed by atoms with Gasteiger partial charge in [-0.25, -0.2) is 4.98 Å². The first-order chi connectivity index (χ1) is 10.7. The Balaban J connectivity index is 1.95. The number of ether oxygens (including phenoxy) is 2. The van der Waals surface area contributed by atoms with Crippen LogP contribution in [0.3, 0.4) is 0 Å². The first-order valence-electron chi connectivity index (χ1n) is 6.67. The van der Waals surface area contributed by atoms with Crippen LogP contribution in [-0.2, 0) is 4.74 Å². The van der Waals surface area contributed by atoms with Gasteiger partial charge in [0.1, 0.15) is 5.75 Å². The van der Waals surface area contributed by atoms with E-state index >= 15 is 0 Å². The summed E-state index contributed by atoms with van der Waals surface area (Å²) >= 11 is 7.40. The summed E-state index contributed by atoms with van der Waals surface area (Å²) in [5.74, 6) is 0.297. The molecule has 0 aliphatic carbocycles. The third-order valence-corrected chi connectivity index (χ3v) is 3.98. The van der Waals surface area contributed by atoms with E-state index in [1.54, 1.807) is 30.6 Å². The zero-order valence-corrected chi connectivity index (χ0v) is 13.3. The van der Waals surface area contributed by atoms with Gasteiger partial charge in [0.05, 0.1) is 11.1 Å². The molecule has 1 N–H and O–H groups in total. The Bertz CT molecular complexity index is 716. The fourth-order valence-corrected chi connectivity index (χ4v) is 2.74. The van der Waals surface area contributed by atoms with Gasteiger partial charge in [-0.3, -0.25) is 4.79 Å². The lowest BCUT2D eigenvalue weighted by Crippen LogP contribution is -2.33. The predicted octanol–water partition coefficient (Wildman–Crippen LogP) is 3.73. The van der Waals surface area contributed by atoms with Crippen molar-refractivity contribution >= 4 is 33.9 Å². The molecule has 114 valence electrons. The number of anilines is 1. The van der Waals surface area contributed by atoms with Crippen LogP contribution in [0.2, 0.25) is 5.02 Å². The number of carbonyl (C=O) groups excluding carboxylic acids is 1. The van der Waals surface area contributed by atoms with E-state index in [9.17, 15) is 4.79 Å². The van der Waals surface area contributed by atoms with Crippen molar-refractivity contribution in [3.05, 3.63) is 52.1 Å². The van der Waals surface area contributed by atoms with Gasteiger partial charge in [-0.05, 0) is 25.1 Å². The Morgan fingerprint density at radius 2 is 2.41 bits per heavy atom. The van der Waals surface area contributed by atoms with Gasteiger partial charge >= 0.3 is 0 Å². The van der Waals surface area contributed by atoms with Gasteiger partial charge in [0.25, 0.3) is 0 Å². The maximum Gasteiger partial charge on any atom is 0.232 e. The Labute approximate surface area is 136 Å². The van der Waals surface area contributed by atoms with Crippen molar-refractivity contribution in [2.24, 2.45) is 0 Å². The molecule has 0 bridgehead atoms. The molecule has 22 heavy (non-hydrogen) atoms. The van der Waals surface area contributed by atoms with Crippen molar-refractivity contribution in [2.75, 3.05) is 11.9 Å². The molecule has 0 spiro atoms. The summed E-state index contributed by atoms with van der Waals surface area (Å²) in [6, 6.07) is 4.95. The molecule has 2 heterocycles. The van der Waals surface area contributed by atoms with Gasteiger partial charge in [-0.2, -0.15) is 0 Å². The van der Waals surface area contributed by atoms with Crippen molar-refractivity contribution in [3.63, 3.8) is 0 Å². The van der Waals surface area contributed by atoms with Crippen molar-refractivity contribution in [3.8, 4) is 5.75 Å². The fourth-order valence-electron chi connectivity index (χ4n) is 2.07. The summed E-state index contributed by atoms with van der Waals surface area (Å²) in [5, 5.41) is 6.00. The number of benzene rings is 1. The van der Waals surface area contributed by atoms with Gasteiger partial charge < -0.3 is 14.8 Å². The fraction of sp³-hybridized carbons (Fsp3) is 0.200. The highest BCUT2D eigenvalue weighted by Gasteiger charge is 2.32. The largest absolute Gasteiger partial charge is 0.460 e. The summed E-state index contributed by atoms with van der Waals surface area (Å²) in [6.07, 6.45) is 2.50. The second-order valence-electron chi connectivity index (χ2n) is 4.46. The number of carbonyl (C=O) groups is 1. The molecule has 1 unspecified atom stereocenters. The quantitative estimate of drug-likeness (QED) is 0.862. The third kappa shape index (κ3) is 2.99. The van der Waals surface area contributed by atoms with Gasteiger partial charge in [0.15, 0.2) is 5.13 Å². The molecule has 0 saturated carbocycles. The summed E-state index contributed by atoms with van der Waals surface area (Å²) in [5.41, 5.74) is 0.808. The Morgan fingerprint density at radius 3 is 3.14 bits per heavy atom. The van der Waals surface area contributed by atoms with E-state index < -0.39 is 6.29 Å². The van der Waals surface area contributed by atoms with E-state index in [1.807, 2.05) is 12.3 Å². The molecule has 1 aliphatic heterocycles. The predicted molar refractivity (Wildman–Crippen MR) is 85.6 cm³/mol. The number of Topliss-reactive ketones (excluding diaryl/α,β-unsaturated/α-hetero) is 1. The standard InChI is InChI=1S/C15H13ClN2O3S/c1-2-20-14-11(8-18-15-17-5-6-22-15)13(19)10-7-9(16)3-4-12(10)21-14/h3-8,14H,2H2,1H3,(H,17,18)/b11-8-. The van der Waals surface area contributed by atoms with Gasteiger partial charge in [0, 0.05) is 29.4 Å². The van der Waals surface area contributed by atoms with Crippen LogP contribution < -0.4 is 10.1 Å². The van der Waals surface area contributed by atoms with Crippen LogP contribution >= 0.6 is 22.9 Å². The Hall–Kier alpha value is -1.89. The first kappa shape index (κ1) is 15.0. The van der Waals surface area contributed by atoms with Crippen molar-refractivity contribution in [1.29, 1.82) is 0 Å². The molecular formula is C15H13ClN2O3S. The molecule has 0 fully saturated rings. The monoisotopic (exact) mass is 336 g/mol. The van der Waals surface area contributed by atoms with Crippen LogP contribution in [0.5, 0.6) is 5.75 Å². The summed E-state index contributed by atoms with van der Waals surface area (Å²) in [4.78, 5) is 16.8. The lowest BCUT2D eigenvalue weighted by Gasteiger charge is -2.27. The molecule has 1 aliphatic rings. The number of ketones is 1. The van der Waals surface area contributed by atoms with Crippen LogP contribution in [0.25, 0.3) is 0 Å². The summed E-state index contributed by atoms with van der Waals surface area (Å²) in [6.45, 7) is 2.27. The highest BCUT2D eigenvalue weighted by atomic mass is 35.5. The highest BCUT2D eigenvalue weighted by Crippen LogP contribution is 2.33. The van der Waals surface area contributed by atoms with Crippen LogP contribution in [0.4, 0.5) is 5.13 Å². The number of nitrogens with one attached hydrogen (secondary N) is 1. The molecule has 1 aromatic heterocycles. The molecule has 1 atom stereocenters. The molecule has 0 radical (unpaired) electrons. The van der Waals surface area contributed by atoms with E-state index in [2.05, 4.69) is 10.3 Å². The minimum atomic E-state index is -0.751. The zero-order valence-electron chi connectivity index (χ0n) is 11.7. The second-order valence-corrected chi connectivity index (χ2v) is 5.79. The Kier molecular flexibility index (Phi) is 4.42. The number of hydrogen-bond donors (Lipinski definition) is 1. The van der Waals surface area contributed by atoms with Gasteiger partial charge in [-0.1, -0.05) is 11.6 Å². The van der Waals surface area contributed by atoms with Crippen molar-refractivity contribution in [1.82, 2.24) is 4.98 Å². The lowest BCUT2D eigenvalue weighted by atomic mass is 10.00. The number of halogens is 1. The average Bonchev–Trinajstić information content (AvgIpc) is 3.01. The number of aromatic nitrogens is 1. The molecule has 1 aromatic carbocycles. The number of thiazole rings is 1. The normalized spacial score (nSPS) is 18.9. The van der Waals surface area contributed by atoms with Crippen molar-refractivity contribution in [2.45, 2.75) is 13.2 Å². The Morgan fingerprint density at radius 1 is 1.55 bits per heavy atom. The van der Waals surface area contributed by atoms with E-state index in [0.29, 0.717) is 33.6 Å². The average molecular weight is 337 g/mol. The lowest BCUT2D eigenvalue weighted by molar-refractivity contribution is -0.0509. The van der Waals surface area contributed by atoms with Crippen LogP contribution in [-0.4, -0.2) is 23.7 Å². The minimum Gasteiger partial charge on any atom is -0.460 e. The molecule has 3 rings (SSSR count). The van der Waals surface area contributed by atoms with Crippen LogP contribution in [0.15, 0.2) is 41.5 Å². The molecule has 2 aromatic rings. The highest BCUT2D eigenvalue weighted by molar-refractivity contribution is 7.13. The maximum atomic E-state index is 12.7. The summed E-state index contributed by atoms with van der Waals surface area (Å²) < 4.78 is 11.3. The number of nitrogens with zero attached hydrogens (tertiary/aromatic N) is 1. The molecule has 7 heteroatoms. The van der Waals surface area contributed by atoms with Gasteiger partial charge in [-0.15, -0.1) is 11.3 Å². The zero-order chi connectivity index (χ0) is 15.5. The topological polar surface area (TPSA) is 60.5 Å². The summed E-state index contributed by atoms with van der Waals surface area (Å²) in [7, 11) is 0.